The summed E-state index contributed by atoms with van der Waals surface area (Å²) in [4.78, 5) is 24.6. The number of hydrogen-bond acceptors (Lipinski definition) is 5. The molecule has 2 rings (SSSR count). The molecule has 2 atom stereocenters. The lowest BCUT2D eigenvalue weighted by atomic mass is 9.88. The van der Waals surface area contributed by atoms with Gasteiger partial charge in [-0.1, -0.05) is 0 Å². The van der Waals surface area contributed by atoms with Crippen molar-refractivity contribution in [1.29, 1.82) is 0 Å². The molecule has 126 valence electrons. The van der Waals surface area contributed by atoms with Gasteiger partial charge in [0.1, 0.15) is 11.7 Å². The van der Waals surface area contributed by atoms with Crippen LogP contribution in [0.1, 0.15) is 19.0 Å². The number of rotatable bonds is 4. The second-order valence-corrected chi connectivity index (χ2v) is 5.78. The van der Waals surface area contributed by atoms with Gasteiger partial charge < -0.3 is 20.4 Å². The molecule has 1 saturated heterocycles. The molecule has 8 nitrogen and oxygen atoms in total. The van der Waals surface area contributed by atoms with E-state index in [-0.39, 0.29) is 31.3 Å². The monoisotopic (exact) mass is 322 g/mol. The first-order chi connectivity index (χ1) is 10.8. The van der Waals surface area contributed by atoms with E-state index in [2.05, 4.69) is 10.4 Å². The van der Waals surface area contributed by atoms with Crippen molar-refractivity contribution in [3.63, 3.8) is 0 Å². The summed E-state index contributed by atoms with van der Waals surface area (Å²) in [5.41, 5.74) is -0.619. The van der Waals surface area contributed by atoms with Crippen molar-refractivity contribution in [3.05, 3.63) is 24.0 Å². The highest BCUT2D eigenvalue weighted by Crippen LogP contribution is 2.22. The minimum Gasteiger partial charge on any atom is -0.388 e. The second kappa shape index (κ2) is 6.93. The number of hydrogen-bond donors (Lipinski definition) is 3. The highest BCUT2D eigenvalue weighted by molar-refractivity contribution is 5.91. The van der Waals surface area contributed by atoms with Gasteiger partial charge in [0.25, 0.3) is 0 Å². The van der Waals surface area contributed by atoms with Gasteiger partial charge in [-0.05, 0) is 18.6 Å². The SMILES string of the molecule is CC(=O)NC[C@]1(O)CCN(C(=O)/C=C/c2ccnn2C)C[C@H]1O. The fourth-order valence-electron chi connectivity index (χ4n) is 2.46. The van der Waals surface area contributed by atoms with Gasteiger partial charge in [-0.25, -0.2) is 0 Å². The molecular weight excluding hydrogens is 300 g/mol. The van der Waals surface area contributed by atoms with Gasteiger partial charge in [0.05, 0.1) is 5.69 Å². The van der Waals surface area contributed by atoms with Crippen molar-refractivity contribution < 1.29 is 19.8 Å². The number of nitrogens with zero attached hydrogens (tertiary/aromatic N) is 3. The van der Waals surface area contributed by atoms with Crippen molar-refractivity contribution >= 4 is 17.9 Å². The van der Waals surface area contributed by atoms with Crippen LogP contribution in [0.4, 0.5) is 0 Å². The predicted octanol–water partition coefficient (Wildman–Crippen LogP) is -1.11. The molecular formula is C15H22N4O4. The molecule has 0 bridgehead atoms. The van der Waals surface area contributed by atoms with Crippen LogP contribution in [-0.2, 0) is 16.6 Å². The van der Waals surface area contributed by atoms with Crippen molar-refractivity contribution in [3.8, 4) is 0 Å². The summed E-state index contributed by atoms with van der Waals surface area (Å²) in [7, 11) is 1.77. The van der Waals surface area contributed by atoms with Gasteiger partial charge >= 0.3 is 0 Å². The molecule has 1 aliphatic heterocycles. The fourth-order valence-corrected chi connectivity index (χ4v) is 2.46. The van der Waals surface area contributed by atoms with Crippen molar-refractivity contribution in [2.24, 2.45) is 7.05 Å². The number of aryl methyl sites for hydroxylation is 1. The number of carbonyl (C=O) groups is 2. The molecule has 0 aliphatic carbocycles. The topological polar surface area (TPSA) is 108 Å². The van der Waals surface area contributed by atoms with Crippen LogP contribution in [0.15, 0.2) is 18.3 Å². The fraction of sp³-hybridized carbons (Fsp3) is 0.533. The Morgan fingerprint density at radius 3 is 2.87 bits per heavy atom. The summed E-state index contributed by atoms with van der Waals surface area (Å²) in [6, 6.07) is 1.78. The zero-order chi connectivity index (χ0) is 17.0. The van der Waals surface area contributed by atoms with Crippen molar-refractivity contribution in [1.82, 2.24) is 20.0 Å². The van der Waals surface area contributed by atoms with E-state index in [1.165, 1.54) is 17.9 Å². The first kappa shape index (κ1) is 17.2. The minimum atomic E-state index is -1.41. The molecule has 0 spiro atoms. The Balaban J connectivity index is 1.94. The Kier molecular flexibility index (Phi) is 5.17. The Labute approximate surface area is 134 Å². The summed E-state index contributed by atoms with van der Waals surface area (Å²) in [6.45, 7) is 1.64. The van der Waals surface area contributed by atoms with Crippen LogP contribution in [0.3, 0.4) is 0 Å². The number of aromatic nitrogens is 2. The van der Waals surface area contributed by atoms with Gasteiger partial charge in [-0.15, -0.1) is 0 Å². The van der Waals surface area contributed by atoms with Gasteiger partial charge in [0, 0.05) is 45.9 Å². The first-order valence-electron chi connectivity index (χ1n) is 7.42. The number of aliphatic hydroxyl groups excluding tert-OH is 1. The van der Waals surface area contributed by atoms with Crippen LogP contribution in [0, 0.1) is 0 Å². The number of β-amino-alcohol motifs (C(OH)–C–C–N with tert-alkyl or cyclic N) is 1. The van der Waals surface area contributed by atoms with Gasteiger partial charge in [0.2, 0.25) is 11.8 Å². The van der Waals surface area contributed by atoms with Crippen molar-refractivity contribution in [2.45, 2.75) is 25.0 Å². The summed E-state index contributed by atoms with van der Waals surface area (Å²) >= 11 is 0. The van der Waals surface area contributed by atoms with Gasteiger partial charge in [0.15, 0.2) is 0 Å². The zero-order valence-corrected chi connectivity index (χ0v) is 13.3. The van der Waals surface area contributed by atoms with Gasteiger partial charge in [-0.2, -0.15) is 5.10 Å². The van der Waals surface area contributed by atoms with Crippen LogP contribution < -0.4 is 5.32 Å². The van der Waals surface area contributed by atoms with Crippen LogP contribution in [0.25, 0.3) is 6.08 Å². The molecule has 8 heteroatoms. The molecule has 0 saturated carbocycles. The lowest BCUT2D eigenvalue weighted by Crippen LogP contribution is -2.60. The van der Waals surface area contributed by atoms with E-state index in [1.807, 2.05) is 0 Å². The molecule has 0 unspecified atom stereocenters. The van der Waals surface area contributed by atoms with Gasteiger partial charge in [-0.3, -0.25) is 14.3 Å². The highest BCUT2D eigenvalue weighted by atomic mass is 16.3. The number of carbonyl (C=O) groups excluding carboxylic acids is 2. The number of piperidine rings is 1. The maximum Gasteiger partial charge on any atom is 0.246 e. The third-order valence-corrected chi connectivity index (χ3v) is 4.04. The molecule has 2 heterocycles. The Bertz CT molecular complexity index is 612. The summed E-state index contributed by atoms with van der Waals surface area (Å²) in [5, 5.41) is 27.0. The second-order valence-electron chi connectivity index (χ2n) is 5.78. The van der Waals surface area contributed by atoms with E-state index in [0.29, 0.717) is 6.54 Å². The smallest absolute Gasteiger partial charge is 0.246 e. The van der Waals surface area contributed by atoms with E-state index >= 15 is 0 Å². The molecule has 23 heavy (non-hydrogen) atoms. The number of likely N-dealkylation sites (tertiary alicyclic amines) is 1. The summed E-state index contributed by atoms with van der Waals surface area (Å²) in [5.74, 6) is -0.518. The lowest BCUT2D eigenvalue weighted by molar-refractivity contribution is -0.146. The Morgan fingerprint density at radius 1 is 1.57 bits per heavy atom. The number of amides is 2. The average Bonchev–Trinajstić information content (AvgIpc) is 2.91. The molecule has 3 N–H and O–H groups in total. The standard InChI is InChI=1S/C15H22N4O4/c1-11(20)16-10-15(23)6-8-19(9-13(15)21)14(22)4-3-12-5-7-17-18(12)2/h3-5,7,13,21,23H,6,8-10H2,1-2H3,(H,16,20)/b4-3+/t13-,15-/m1/s1. The first-order valence-corrected chi connectivity index (χ1v) is 7.42. The highest BCUT2D eigenvalue weighted by Gasteiger charge is 2.41. The van der Waals surface area contributed by atoms with Crippen molar-refractivity contribution in [2.75, 3.05) is 19.6 Å². The van der Waals surface area contributed by atoms with E-state index in [4.69, 9.17) is 0 Å². The lowest BCUT2D eigenvalue weighted by Gasteiger charge is -2.41. The molecule has 1 aromatic heterocycles. The van der Waals surface area contributed by atoms with E-state index < -0.39 is 11.7 Å². The molecule has 0 radical (unpaired) electrons. The molecule has 2 amide bonds. The van der Waals surface area contributed by atoms with Crippen LogP contribution >= 0.6 is 0 Å². The number of aliphatic hydroxyl groups is 2. The van der Waals surface area contributed by atoms with Crippen LogP contribution in [-0.4, -0.2) is 68.0 Å². The maximum absolute atomic E-state index is 12.2. The zero-order valence-electron chi connectivity index (χ0n) is 13.3. The molecule has 1 aromatic rings. The molecule has 1 aliphatic rings. The summed E-state index contributed by atoms with van der Waals surface area (Å²) < 4.78 is 1.64. The molecule has 1 fully saturated rings. The third kappa shape index (κ3) is 4.17. The minimum absolute atomic E-state index is 0.0185. The maximum atomic E-state index is 12.2. The predicted molar refractivity (Wildman–Crippen MR) is 83.1 cm³/mol. The van der Waals surface area contributed by atoms with Crippen LogP contribution in [0.5, 0.6) is 0 Å². The average molecular weight is 322 g/mol. The Morgan fingerprint density at radius 2 is 2.30 bits per heavy atom. The third-order valence-electron chi connectivity index (χ3n) is 4.04. The normalized spacial score (nSPS) is 24.9. The quantitative estimate of drug-likeness (QED) is 0.610. The van der Waals surface area contributed by atoms with E-state index in [9.17, 15) is 19.8 Å². The Hall–Kier alpha value is -2.19. The van der Waals surface area contributed by atoms with E-state index in [0.717, 1.165) is 5.69 Å². The van der Waals surface area contributed by atoms with Crippen LogP contribution in [0.2, 0.25) is 0 Å². The largest absolute Gasteiger partial charge is 0.388 e. The molecule has 0 aromatic carbocycles. The summed E-state index contributed by atoms with van der Waals surface area (Å²) in [6.07, 6.45) is 3.79. The number of nitrogens with one attached hydrogen (secondary N) is 1. The van der Waals surface area contributed by atoms with E-state index in [1.54, 1.807) is 30.1 Å².